The first-order valence-corrected chi connectivity index (χ1v) is 8.80. The first-order valence-electron chi connectivity index (χ1n) is 8.80. The molecule has 2 rings (SSSR count). The average molecular weight is 433 g/mol. The third kappa shape index (κ3) is 8.58. The highest BCUT2D eigenvalue weighted by Crippen LogP contribution is 2.21. The fourth-order valence-corrected chi connectivity index (χ4v) is 3.09. The van der Waals surface area contributed by atoms with Crippen LogP contribution in [0.3, 0.4) is 0 Å². The van der Waals surface area contributed by atoms with Crippen LogP contribution in [0.5, 0.6) is 0 Å². The van der Waals surface area contributed by atoms with Crippen molar-refractivity contribution < 1.29 is 0 Å². The minimum atomic E-state index is 0. The summed E-state index contributed by atoms with van der Waals surface area (Å²) in [7, 11) is 1.85. The van der Waals surface area contributed by atoms with Gasteiger partial charge in [0.25, 0.3) is 0 Å². The minimum Gasteiger partial charge on any atom is -0.356 e. The van der Waals surface area contributed by atoms with Gasteiger partial charge in [-0.3, -0.25) is 9.67 Å². The summed E-state index contributed by atoms with van der Waals surface area (Å²) in [5, 5.41) is 11.1. The molecule has 1 heterocycles. The minimum absolute atomic E-state index is 0. The standard InChI is InChI=1S/C17H31N5.HI/c1-18-17(19-11-7-13-22-14-8-12-21-22)20-15-16-9-5-3-2-4-6-10-16;/h8,12,14,16H,2-7,9-11,13,15H2,1H3,(H2,18,19,20);1H. The van der Waals surface area contributed by atoms with Crippen molar-refractivity contribution in [3.05, 3.63) is 18.5 Å². The van der Waals surface area contributed by atoms with E-state index in [4.69, 9.17) is 0 Å². The first kappa shape index (κ1) is 20.3. The van der Waals surface area contributed by atoms with Gasteiger partial charge < -0.3 is 10.6 Å². The van der Waals surface area contributed by atoms with Gasteiger partial charge in [0, 0.05) is 39.1 Å². The molecular formula is C17H32IN5. The quantitative estimate of drug-likeness (QED) is 0.313. The third-order valence-electron chi connectivity index (χ3n) is 4.42. The van der Waals surface area contributed by atoms with Crippen molar-refractivity contribution in [1.29, 1.82) is 0 Å². The number of aliphatic imine (C=N–C) groups is 1. The molecule has 0 aliphatic heterocycles. The molecule has 0 atom stereocenters. The van der Waals surface area contributed by atoms with Crippen LogP contribution in [0.25, 0.3) is 0 Å². The molecule has 1 aliphatic rings. The smallest absolute Gasteiger partial charge is 0.190 e. The summed E-state index contributed by atoms with van der Waals surface area (Å²) in [6.07, 6.45) is 14.6. The summed E-state index contributed by atoms with van der Waals surface area (Å²) in [5.74, 6) is 1.74. The highest BCUT2D eigenvalue weighted by Gasteiger charge is 2.11. The SMILES string of the molecule is CN=C(NCCCn1cccn1)NCC1CCCCCCC1.I. The number of aryl methyl sites for hydroxylation is 1. The van der Waals surface area contributed by atoms with Gasteiger partial charge in [-0.25, -0.2) is 0 Å². The molecule has 1 fully saturated rings. The summed E-state index contributed by atoms with van der Waals surface area (Å²) in [4.78, 5) is 4.32. The Balaban J connectivity index is 0.00000264. The molecule has 1 aromatic rings. The lowest BCUT2D eigenvalue weighted by Crippen LogP contribution is -2.40. The number of aromatic nitrogens is 2. The van der Waals surface area contributed by atoms with E-state index in [-0.39, 0.29) is 24.0 Å². The van der Waals surface area contributed by atoms with Crippen LogP contribution in [0.2, 0.25) is 0 Å². The molecule has 132 valence electrons. The zero-order chi connectivity index (χ0) is 15.5. The van der Waals surface area contributed by atoms with Crippen LogP contribution in [0.4, 0.5) is 0 Å². The molecule has 0 bridgehead atoms. The van der Waals surface area contributed by atoms with Gasteiger partial charge in [0.1, 0.15) is 0 Å². The molecule has 0 spiro atoms. The number of hydrogen-bond donors (Lipinski definition) is 2. The van der Waals surface area contributed by atoms with Gasteiger partial charge in [0.05, 0.1) is 0 Å². The normalized spacial score (nSPS) is 17.0. The Morgan fingerprint density at radius 1 is 1.17 bits per heavy atom. The number of halogens is 1. The van der Waals surface area contributed by atoms with E-state index in [0.717, 1.165) is 37.9 Å². The average Bonchev–Trinajstić information content (AvgIpc) is 3.01. The van der Waals surface area contributed by atoms with Crippen LogP contribution in [0.15, 0.2) is 23.5 Å². The molecule has 0 amide bonds. The summed E-state index contributed by atoms with van der Waals surface area (Å²) in [6, 6.07) is 1.96. The van der Waals surface area contributed by atoms with Gasteiger partial charge in [-0.15, -0.1) is 24.0 Å². The molecule has 5 nitrogen and oxygen atoms in total. The molecule has 1 aromatic heterocycles. The number of hydrogen-bond acceptors (Lipinski definition) is 2. The molecule has 1 saturated carbocycles. The van der Waals surface area contributed by atoms with E-state index >= 15 is 0 Å². The van der Waals surface area contributed by atoms with Gasteiger partial charge in [0.15, 0.2) is 5.96 Å². The summed E-state index contributed by atoms with van der Waals surface area (Å²) >= 11 is 0. The fourth-order valence-electron chi connectivity index (χ4n) is 3.09. The maximum absolute atomic E-state index is 4.32. The predicted molar refractivity (Wildman–Crippen MR) is 107 cm³/mol. The fraction of sp³-hybridized carbons (Fsp3) is 0.765. The number of rotatable bonds is 6. The Hall–Kier alpha value is -0.790. The molecule has 2 N–H and O–H groups in total. The van der Waals surface area contributed by atoms with E-state index in [2.05, 4.69) is 20.7 Å². The Kier molecular flexibility index (Phi) is 11.1. The maximum atomic E-state index is 4.32. The van der Waals surface area contributed by atoms with E-state index in [9.17, 15) is 0 Å². The summed E-state index contributed by atoms with van der Waals surface area (Å²) in [5.41, 5.74) is 0. The molecule has 1 aliphatic carbocycles. The van der Waals surface area contributed by atoms with Gasteiger partial charge >= 0.3 is 0 Å². The van der Waals surface area contributed by atoms with Gasteiger partial charge in [0.2, 0.25) is 0 Å². The highest BCUT2D eigenvalue weighted by atomic mass is 127. The number of nitrogens with one attached hydrogen (secondary N) is 2. The van der Waals surface area contributed by atoms with Crippen molar-refractivity contribution in [2.24, 2.45) is 10.9 Å². The van der Waals surface area contributed by atoms with Crippen LogP contribution >= 0.6 is 24.0 Å². The highest BCUT2D eigenvalue weighted by molar-refractivity contribution is 14.0. The first-order chi connectivity index (χ1) is 10.9. The Labute approximate surface area is 157 Å². The van der Waals surface area contributed by atoms with Crippen LogP contribution in [-0.4, -0.2) is 35.9 Å². The van der Waals surface area contributed by atoms with Crippen LogP contribution in [-0.2, 0) is 6.54 Å². The van der Waals surface area contributed by atoms with Crippen LogP contribution < -0.4 is 10.6 Å². The molecule has 0 saturated heterocycles. The maximum Gasteiger partial charge on any atom is 0.190 e. The van der Waals surface area contributed by atoms with E-state index in [1.165, 1.54) is 44.9 Å². The van der Waals surface area contributed by atoms with Crippen molar-refractivity contribution in [3.8, 4) is 0 Å². The van der Waals surface area contributed by atoms with Gasteiger partial charge in [-0.05, 0) is 31.2 Å². The molecule has 0 unspecified atom stereocenters. The van der Waals surface area contributed by atoms with E-state index in [1.807, 2.05) is 30.2 Å². The number of nitrogens with zero attached hydrogens (tertiary/aromatic N) is 3. The van der Waals surface area contributed by atoms with E-state index in [0.29, 0.717) is 0 Å². The Bertz CT molecular complexity index is 411. The second-order valence-electron chi connectivity index (χ2n) is 6.21. The molecule has 6 heteroatoms. The van der Waals surface area contributed by atoms with E-state index in [1.54, 1.807) is 0 Å². The lowest BCUT2D eigenvalue weighted by molar-refractivity contribution is 0.375. The van der Waals surface area contributed by atoms with Crippen molar-refractivity contribution in [3.63, 3.8) is 0 Å². The molecule has 0 radical (unpaired) electrons. The lowest BCUT2D eigenvalue weighted by Gasteiger charge is -2.21. The molecule has 23 heavy (non-hydrogen) atoms. The summed E-state index contributed by atoms with van der Waals surface area (Å²) in [6.45, 7) is 2.92. The van der Waals surface area contributed by atoms with E-state index < -0.39 is 0 Å². The zero-order valence-electron chi connectivity index (χ0n) is 14.3. The van der Waals surface area contributed by atoms with Crippen LogP contribution in [0, 0.1) is 5.92 Å². The monoisotopic (exact) mass is 433 g/mol. The molecular weight excluding hydrogens is 401 g/mol. The second kappa shape index (κ2) is 12.6. The van der Waals surface area contributed by atoms with Crippen LogP contribution in [0.1, 0.15) is 51.4 Å². The van der Waals surface area contributed by atoms with Crippen molar-refractivity contribution in [2.45, 2.75) is 57.9 Å². The predicted octanol–water partition coefficient (Wildman–Crippen LogP) is 3.42. The molecule has 0 aromatic carbocycles. The van der Waals surface area contributed by atoms with Gasteiger partial charge in [-0.2, -0.15) is 5.10 Å². The third-order valence-corrected chi connectivity index (χ3v) is 4.42. The van der Waals surface area contributed by atoms with Crippen molar-refractivity contribution in [2.75, 3.05) is 20.1 Å². The Morgan fingerprint density at radius 2 is 1.91 bits per heavy atom. The largest absolute Gasteiger partial charge is 0.356 e. The lowest BCUT2D eigenvalue weighted by atomic mass is 9.91. The second-order valence-corrected chi connectivity index (χ2v) is 6.21. The zero-order valence-corrected chi connectivity index (χ0v) is 16.7. The van der Waals surface area contributed by atoms with Crippen molar-refractivity contribution in [1.82, 2.24) is 20.4 Å². The topological polar surface area (TPSA) is 54.2 Å². The Morgan fingerprint density at radius 3 is 2.57 bits per heavy atom. The van der Waals surface area contributed by atoms with Crippen molar-refractivity contribution >= 4 is 29.9 Å². The van der Waals surface area contributed by atoms with Gasteiger partial charge in [-0.1, -0.05) is 32.1 Å². The summed E-state index contributed by atoms with van der Waals surface area (Å²) < 4.78 is 1.96. The number of guanidine groups is 1.